The number of ether oxygens (including phenoxy) is 3. The first-order chi connectivity index (χ1) is 38.8. The lowest BCUT2D eigenvalue weighted by Crippen LogP contribution is -2.27. The Kier molecular flexibility index (Phi) is 21.6. The number of aromatic nitrogens is 2. The Morgan fingerprint density at radius 1 is 0.518 bits per heavy atom. The minimum absolute atomic E-state index is 0.138. The van der Waals surface area contributed by atoms with E-state index in [1.165, 1.54) is 29.7 Å². The second-order valence-electron chi connectivity index (χ2n) is 20.7. The summed E-state index contributed by atoms with van der Waals surface area (Å²) in [6, 6.07) is 37.4. The summed E-state index contributed by atoms with van der Waals surface area (Å²) < 4.78 is 20.8. The molecule has 0 saturated heterocycles. The number of carboxylic acids is 4. The van der Waals surface area contributed by atoms with Crippen molar-refractivity contribution in [2.24, 2.45) is 0 Å². The van der Waals surface area contributed by atoms with Gasteiger partial charge in [0.05, 0.1) is 28.8 Å². The number of anilines is 4. The average Bonchev–Trinajstić information content (AvgIpc) is 4.20. The number of carbonyl (C=O) groups is 7. The molecule has 0 bridgehead atoms. The molecule has 83 heavy (non-hydrogen) atoms. The van der Waals surface area contributed by atoms with E-state index in [4.69, 9.17) is 44.8 Å². The molecule has 0 atom stereocenters. The number of benzene rings is 4. The van der Waals surface area contributed by atoms with Crippen LogP contribution in [0.15, 0.2) is 144 Å². The van der Waals surface area contributed by atoms with E-state index in [0.29, 0.717) is 56.0 Å². The summed E-state index contributed by atoms with van der Waals surface area (Å²) in [5, 5.41) is 44.3. The van der Waals surface area contributed by atoms with Crippen molar-refractivity contribution in [2.75, 3.05) is 21.7 Å². The molecule has 434 valence electrons. The van der Waals surface area contributed by atoms with Gasteiger partial charge in [-0.2, -0.15) is 0 Å². The number of hydrogen-bond acceptors (Lipinski definition) is 16. The molecule has 0 saturated carbocycles. The normalized spacial score (nSPS) is 10.9. The molecule has 9 N–H and O–H groups in total. The SMILES string of the molecule is CC(C)(C)OC(=O)Nc1ccc(-c2cccc(C(=O)O)c2)nc1.CC(C)(C)OC(=O)Nc1cccc(-c2ccc(C(=O)O)o2)c1.CC(C)(C)OC(=O)Nc1cccc(-c2ccc(C(=O)O)s2)c1.Cc1nc(-c2cccc(N)c2)sc1C(=O)O. The van der Waals surface area contributed by atoms with E-state index in [2.05, 4.69) is 25.9 Å². The van der Waals surface area contributed by atoms with Crippen LogP contribution in [0, 0.1) is 6.92 Å². The van der Waals surface area contributed by atoms with Crippen molar-refractivity contribution in [3.05, 3.63) is 166 Å². The van der Waals surface area contributed by atoms with Crippen molar-refractivity contribution in [1.82, 2.24) is 9.97 Å². The number of carbonyl (C=O) groups excluding carboxylic acids is 3. The minimum Gasteiger partial charge on any atom is -0.478 e. The molecule has 8 aromatic rings. The molecular weight excluding hydrogens is 1110 g/mol. The zero-order chi connectivity index (χ0) is 61.4. The van der Waals surface area contributed by atoms with Crippen LogP contribution in [0.3, 0.4) is 0 Å². The highest BCUT2D eigenvalue weighted by atomic mass is 32.1. The number of pyridine rings is 1. The van der Waals surface area contributed by atoms with Crippen LogP contribution in [0.1, 0.15) is 108 Å². The second-order valence-corrected chi connectivity index (χ2v) is 22.7. The van der Waals surface area contributed by atoms with Crippen LogP contribution in [0.2, 0.25) is 0 Å². The summed E-state index contributed by atoms with van der Waals surface area (Å²) in [6.07, 6.45) is -0.149. The molecule has 0 fully saturated rings. The Morgan fingerprint density at radius 3 is 1.53 bits per heavy atom. The highest BCUT2D eigenvalue weighted by Crippen LogP contribution is 2.32. The predicted octanol–water partition coefficient (Wildman–Crippen LogP) is 14.6. The number of amides is 3. The lowest BCUT2D eigenvalue weighted by atomic mass is 10.1. The standard InChI is InChI=1S/C17H18N2O4.C16H17NO5.C16H17NO4S.C11H10N2O2S/c1-17(2,3)23-16(22)19-13-7-8-14(18-10-13)11-5-4-6-12(9-11)15(20)21;1-16(2,3)22-15(20)17-11-6-4-5-10(9-11)12-7-8-13(21-12)14(18)19;1-16(2,3)21-15(20)17-11-6-4-5-10(9-11)12-7-8-13(22-12)14(18)19;1-6-9(11(14)15)16-10(13-6)7-3-2-4-8(12)5-7/h4-10H,1-3H3,(H,19,22)(H,20,21);2*4-9H,1-3H3,(H,17,20)(H,18,19);2-5H,12H2,1H3,(H,14,15). The van der Waals surface area contributed by atoms with Gasteiger partial charge in [0.2, 0.25) is 5.76 Å². The zero-order valence-corrected chi connectivity index (χ0v) is 48.5. The molecule has 21 nitrogen and oxygen atoms in total. The van der Waals surface area contributed by atoms with Crippen molar-refractivity contribution in [2.45, 2.75) is 86.0 Å². The van der Waals surface area contributed by atoms with Crippen molar-refractivity contribution in [1.29, 1.82) is 0 Å². The van der Waals surface area contributed by atoms with Crippen molar-refractivity contribution < 1.29 is 72.6 Å². The van der Waals surface area contributed by atoms with E-state index in [-0.39, 0.29) is 21.1 Å². The van der Waals surface area contributed by atoms with Crippen LogP contribution in [-0.4, -0.2) is 89.4 Å². The molecule has 3 amide bonds. The lowest BCUT2D eigenvalue weighted by Gasteiger charge is -2.19. The number of nitrogens with zero attached hydrogens (tertiary/aromatic N) is 2. The summed E-state index contributed by atoms with van der Waals surface area (Å²) in [5.74, 6) is -3.74. The summed E-state index contributed by atoms with van der Waals surface area (Å²) in [6.45, 7) is 17.7. The van der Waals surface area contributed by atoms with E-state index in [1.54, 1.807) is 172 Å². The summed E-state index contributed by atoms with van der Waals surface area (Å²) >= 11 is 2.35. The number of nitrogens with one attached hydrogen (secondary N) is 3. The molecule has 23 heteroatoms. The van der Waals surface area contributed by atoms with Gasteiger partial charge >= 0.3 is 42.2 Å². The van der Waals surface area contributed by atoms with E-state index < -0.39 is 59.0 Å². The Balaban J connectivity index is 0.000000204. The Bertz CT molecular complexity index is 3480. The monoisotopic (exact) mass is 1170 g/mol. The number of nitrogens with two attached hydrogens (primary N) is 1. The van der Waals surface area contributed by atoms with Gasteiger partial charge in [-0.1, -0.05) is 48.5 Å². The second kappa shape index (κ2) is 28.0. The Labute approximate surface area is 485 Å². The van der Waals surface area contributed by atoms with Gasteiger partial charge in [0.25, 0.3) is 0 Å². The van der Waals surface area contributed by atoms with Crippen LogP contribution in [0.5, 0.6) is 0 Å². The van der Waals surface area contributed by atoms with E-state index in [9.17, 15) is 33.6 Å². The fraction of sp³-hybridized carbons (Fsp3) is 0.217. The number of thiazole rings is 1. The molecule has 4 heterocycles. The first-order valence-corrected chi connectivity index (χ1v) is 26.7. The predicted molar refractivity (Wildman–Crippen MR) is 318 cm³/mol. The quantitative estimate of drug-likeness (QED) is 0.0440. The fourth-order valence-corrected chi connectivity index (χ4v) is 8.56. The molecule has 0 aliphatic rings. The van der Waals surface area contributed by atoms with E-state index in [1.807, 2.05) is 18.2 Å². The molecule has 0 unspecified atom stereocenters. The molecule has 0 spiro atoms. The van der Waals surface area contributed by atoms with Crippen LogP contribution in [-0.2, 0) is 14.2 Å². The minimum atomic E-state index is -1.13. The summed E-state index contributed by atoms with van der Waals surface area (Å²) in [5.41, 5.74) is 10.6. The fourth-order valence-electron chi connectivity index (χ4n) is 6.82. The Hall–Kier alpha value is -9.87. The molecule has 4 aromatic heterocycles. The maximum absolute atomic E-state index is 11.8. The van der Waals surface area contributed by atoms with Gasteiger partial charge in [-0.25, -0.2) is 38.5 Å². The highest BCUT2D eigenvalue weighted by Gasteiger charge is 2.20. The molecule has 0 aliphatic heterocycles. The van der Waals surface area contributed by atoms with Crippen LogP contribution in [0.4, 0.5) is 37.1 Å². The maximum atomic E-state index is 11.8. The topological polar surface area (TPSA) is 329 Å². The number of aromatic carboxylic acids is 4. The van der Waals surface area contributed by atoms with Crippen LogP contribution >= 0.6 is 22.7 Å². The zero-order valence-electron chi connectivity index (χ0n) is 46.8. The largest absolute Gasteiger partial charge is 0.478 e. The van der Waals surface area contributed by atoms with Gasteiger partial charge in [0.1, 0.15) is 37.3 Å². The summed E-state index contributed by atoms with van der Waals surface area (Å²) in [4.78, 5) is 88.6. The number of nitrogen functional groups attached to an aromatic ring is 1. The molecule has 8 rings (SSSR count). The number of carboxylic acid groups (broad SMARTS) is 4. The van der Waals surface area contributed by atoms with Crippen molar-refractivity contribution in [3.63, 3.8) is 0 Å². The van der Waals surface area contributed by atoms with Gasteiger partial charge in [-0.3, -0.25) is 20.9 Å². The number of thiophene rings is 1. The number of furan rings is 1. The Morgan fingerprint density at radius 2 is 1.05 bits per heavy atom. The molecule has 0 aliphatic carbocycles. The van der Waals surface area contributed by atoms with Crippen LogP contribution in [0.25, 0.3) is 43.6 Å². The van der Waals surface area contributed by atoms with Crippen molar-refractivity contribution >= 4 is 87.6 Å². The van der Waals surface area contributed by atoms with Gasteiger partial charge in [0.15, 0.2) is 0 Å². The average molecular weight is 1170 g/mol. The summed E-state index contributed by atoms with van der Waals surface area (Å²) in [7, 11) is 0. The molecular formula is C60H62N6O15S2. The van der Waals surface area contributed by atoms with E-state index in [0.717, 1.165) is 27.3 Å². The van der Waals surface area contributed by atoms with Gasteiger partial charge in [0, 0.05) is 38.6 Å². The first-order valence-electron chi connectivity index (χ1n) is 25.0. The molecule has 0 radical (unpaired) electrons. The third-order valence-corrected chi connectivity index (χ3v) is 12.5. The number of rotatable bonds is 11. The third kappa shape index (κ3) is 21.3. The third-order valence-electron chi connectivity index (χ3n) is 10.2. The smallest absolute Gasteiger partial charge is 0.412 e. The highest BCUT2D eigenvalue weighted by molar-refractivity contribution is 7.17. The first kappa shape index (κ1) is 64.0. The maximum Gasteiger partial charge on any atom is 0.412 e. The van der Waals surface area contributed by atoms with Gasteiger partial charge in [-0.15, -0.1) is 22.7 Å². The van der Waals surface area contributed by atoms with Crippen LogP contribution < -0.4 is 21.7 Å². The van der Waals surface area contributed by atoms with Gasteiger partial charge in [-0.05, 0) is 160 Å². The number of hydrogen-bond donors (Lipinski definition) is 8. The number of aryl methyl sites for hydroxylation is 1. The van der Waals surface area contributed by atoms with E-state index >= 15 is 0 Å². The van der Waals surface area contributed by atoms with Gasteiger partial charge < -0.3 is 44.8 Å². The van der Waals surface area contributed by atoms with Crippen molar-refractivity contribution in [3.8, 4) is 43.6 Å². The lowest BCUT2D eigenvalue weighted by molar-refractivity contribution is 0.0624. The molecule has 4 aromatic carbocycles.